The fraction of sp³-hybridized carbons (Fsp3) is 0. The van der Waals surface area contributed by atoms with Crippen LogP contribution in [0.15, 0.2) is 10.9 Å². The van der Waals surface area contributed by atoms with Crippen molar-refractivity contribution in [1.82, 2.24) is 9.97 Å². The van der Waals surface area contributed by atoms with E-state index in [-0.39, 0.29) is 4.87 Å². The number of thiazole rings is 1. The second kappa shape index (κ2) is 1.63. The molecule has 0 bridgehead atoms. The van der Waals surface area contributed by atoms with Crippen molar-refractivity contribution in [3.05, 3.63) is 15.7 Å². The average molecular weight is 155 g/mol. The van der Waals surface area contributed by atoms with Crippen LogP contribution in [-0.2, 0) is 0 Å². The lowest BCUT2D eigenvalue weighted by molar-refractivity contribution is 1.32. The number of nitrogen functional groups attached to an aromatic ring is 1. The van der Waals surface area contributed by atoms with Crippen LogP contribution in [0.3, 0.4) is 0 Å². The van der Waals surface area contributed by atoms with Crippen molar-refractivity contribution >= 4 is 27.5 Å². The van der Waals surface area contributed by atoms with Gasteiger partial charge in [-0.2, -0.15) is 0 Å². The maximum Gasteiger partial charge on any atom is 0.306 e. The van der Waals surface area contributed by atoms with E-state index in [4.69, 9.17) is 5.73 Å². The molecule has 0 aliphatic carbocycles. The Kier molecular flexibility index (Phi) is 0.906. The highest BCUT2D eigenvalue weighted by atomic mass is 32.1. The summed E-state index contributed by atoms with van der Waals surface area (Å²) >= 11 is 1.15. The van der Waals surface area contributed by atoms with E-state index in [1.807, 2.05) is 0 Å². The zero-order chi connectivity index (χ0) is 7.14. The number of anilines is 1. The summed E-state index contributed by atoms with van der Waals surface area (Å²) in [4.78, 5) is 16.0. The van der Waals surface area contributed by atoms with Crippen LogP contribution in [0.5, 0.6) is 0 Å². The van der Waals surface area contributed by atoms with Crippen LogP contribution in [0, 0.1) is 0 Å². The third kappa shape index (κ3) is 0.640. The van der Waals surface area contributed by atoms with Crippen LogP contribution >= 0.6 is 11.3 Å². The number of H-pyrrole nitrogens is 2. The van der Waals surface area contributed by atoms with Gasteiger partial charge in [0.25, 0.3) is 0 Å². The van der Waals surface area contributed by atoms with E-state index in [9.17, 15) is 4.79 Å². The van der Waals surface area contributed by atoms with Crippen LogP contribution in [0.25, 0.3) is 10.3 Å². The van der Waals surface area contributed by atoms with E-state index in [1.165, 1.54) is 0 Å². The third-order valence-corrected chi connectivity index (χ3v) is 2.06. The number of nitrogens with one attached hydrogen (secondary N) is 2. The van der Waals surface area contributed by atoms with Crippen molar-refractivity contribution in [3.8, 4) is 0 Å². The Morgan fingerprint density at radius 3 is 3.00 bits per heavy atom. The van der Waals surface area contributed by atoms with Gasteiger partial charge in [0, 0.05) is 0 Å². The molecule has 0 unspecified atom stereocenters. The molecule has 0 amide bonds. The maximum atomic E-state index is 10.7. The Bertz CT molecular complexity index is 375. The first-order valence-corrected chi connectivity index (χ1v) is 3.54. The molecule has 4 nitrogen and oxygen atoms in total. The first-order valence-electron chi connectivity index (χ1n) is 2.73. The van der Waals surface area contributed by atoms with Gasteiger partial charge in [0.2, 0.25) is 0 Å². The smallest absolute Gasteiger partial charge is 0.306 e. The topological polar surface area (TPSA) is 74.7 Å². The Balaban J connectivity index is 2.95. The predicted molar refractivity (Wildman–Crippen MR) is 41.2 cm³/mol. The third-order valence-electron chi connectivity index (χ3n) is 1.23. The van der Waals surface area contributed by atoms with Crippen LogP contribution in [0.2, 0.25) is 0 Å². The standard InChI is InChI=1S/C5H5N3OS/c6-3-1-2-4(7-3)8-5(9)10-2/h1,7H,6H2,(H,8,9). The van der Waals surface area contributed by atoms with Gasteiger partial charge in [-0.15, -0.1) is 0 Å². The molecule has 0 saturated carbocycles. The summed E-state index contributed by atoms with van der Waals surface area (Å²) in [6, 6.07) is 1.73. The molecule has 52 valence electrons. The molecule has 5 heteroatoms. The number of hydrogen-bond donors (Lipinski definition) is 3. The van der Waals surface area contributed by atoms with Gasteiger partial charge in [0.05, 0.1) is 4.70 Å². The zero-order valence-electron chi connectivity index (χ0n) is 4.97. The van der Waals surface area contributed by atoms with E-state index in [1.54, 1.807) is 6.07 Å². The first-order chi connectivity index (χ1) is 4.75. The van der Waals surface area contributed by atoms with Crippen LogP contribution < -0.4 is 10.6 Å². The van der Waals surface area contributed by atoms with Crippen molar-refractivity contribution in [3.63, 3.8) is 0 Å². The minimum Gasteiger partial charge on any atom is -0.385 e. The molecule has 0 aromatic carbocycles. The molecule has 4 N–H and O–H groups in total. The van der Waals surface area contributed by atoms with E-state index >= 15 is 0 Å². The van der Waals surface area contributed by atoms with Gasteiger partial charge < -0.3 is 10.7 Å². The van der Waals surface area contributed by atoms with Gasteiger partial charge in [-0.25, -0.2) is 0 Å². The summed E-state index contributed by atoms with van der Waals surface area (Å²) in [6.45, 7) is 0. The lowest BCUT2D eigenvalue weighted by atomic mass is 10.6. The molecule has 0 radical (unpaired) electrons. The molecule has 0 aliphatic rings. The largest absolute Gasteiger partial charge is 0.385 e. The Morgan fingerprint density at radius 1 is 1.50 bits per heavy atom. The maximum absolute atomic E-state index is 10.7. The molecule has 0 saturated heterocycles. The first kappa shape index (κ1) is 5.55. The lowest BCUT2D eigenvalue weighted by Crippen LogP contribution is -1.91. The molecule has 10 heavy (non-hydrogen) atoms. The van der Waals surface area contributed by atoms with Gasteiger partial charge in [0.1, 0.15) is 11.5 Å². The highest BCUT2D eigenvalue weighted by molar-refractivity contribution is 7.16. The summed E-state index contributed by atoms with van der Waals surface area (Å²) in [7, 11) is 0. The van der Waals surface area contributed by atoms with Gasteiger partial charge in [-0.3, -0.25) is 9.78 Å². The highest BCUT2D eigenvalue weighted by Gasteiger charge is 2.00. The number of fused-ring (bicyclic) bond motifs is 1. The minimum absolute atomic E-state index is 0.0544. The Morgan fingerprint density at radius 2 is 2.30 bits per heavy atom. The van der Waals surface area contributed by atoms with Crippen molar-refractivity contribution in [2.45, 2.75) is 0 Å². The summed E-state index contributed by atoms with van der Waals surface area (Å²) < 4.78 is 0.877. The van der Waals surface area contributed by atoms with Crippen molar-refractivity contribution in [2.75, 3.05) is 5.73 Å². The van der Waals surface area contributed by atoms with Crippen LogP contribution in [0.1, 0.15) is 0 Å². The van der Waals surface area contributed by atoms with E-state index in [0.29, 0.717) is 11.5 Å². The van der Waals surface area contributed by atoms with E-state index in [0.717, 1.165) is 16.0 Å². The van der Waals surface area contributed by atoms with Gasteiger partial charge in [0.15, 0.2) is 0 Å². The summed E-state index contributed by atoms with van der Waals surface area (Å²) in [6.07, 6.45) is 0. The Hall–Kier alpha value is -1.23. The van der Waals surface area contributed by atoms with Crippen molar-refractivity contribution in [2.24, 2.45) is 0 Å². The molecule has 0 fully saturated rings. The van der Waals surface area contributed by atoms with Crippen molar-refractivity contribution < 1.29 is 0 Å². The SMILES string of the molecule is Nc1cc2sc(=O)[nH]c2[nH]1. The molecule has 2 aromatic heterocycles. The predicted octanol–water partition coefficient (Wildman–Crippen LogP) is 0.500. The van der Waals surface area contributed by atoms with Gasteiger partial charge >= 0.3 is 4.87 Å². The fourth-order valence-electron chi connectivity index (χ4n) is 0.856. The number of rotatable bonds is 0. The second-order valence-electron chi connectivity index (χ2n) is 1.98. The number of nitrogens with two attached hydrogens (primary N) is 1. The molecule has 2 aromatic rings. The van der Waals surface area contributed by atoms with E-state index < -0.39 is 0 Å². The molecular weight excluding hydrogens is 150 g/mol. The molecule has 2 heterocycles. The molecule has 0 spiro atoms. The summed E-state index contributed by atoms with van der Waals surface area (Å²) in [5, 5.41) is 0. The zero-order valence-corrected chi connectivity index (χ0v) is 5.79. The summed E-state index contributed by atoms with van der Waals surface area (Å²) in [5.41, 5.74) is 6.13. The fourth-order valence-corrected chi connectivity index (χ4v) is 1.60. The van der Waals surface area contributed by atoms with E-state index in [2.05, 4.69) is 9.97 Å². The normalized spacial score (nSPS) is 10.8. The number of aromatic amines is 2. The highest BCUT2D eigenvalue weighted by Crippen LogP contribution is 2.15. The molecule has 0 atom stereocenters. The van der Waals surface area contributed by atoms with Crippen molar-refractivity contribution in [1.29, 1.82) is 0 Å². The number of hydrogen-bond acceptors (Lipinski definition) is 3. The monoisotopic (exact) mass is 155 g/mol. The van der Waals surface area contributed by atoms with Gasteiger partial charge in [-0.05, 0) is 6.07 Å². The minimum atomic E-state index is -0.0544. The average Bonchev–Trinajstić information content (AvgIpc) is 2.21. The second-order valence-corrected chi connectivity index (χ2v) is 2.99. The molecular formula is C5H5N3OS. The summed E-state index contributed by atoms with van der Waals surface area (Å²) in [5.74, 6) is 0.581. The van der Waals surface area contributed by atoms with Crippen LogP contribution in [-0.4, -0.2) is 9.97 Å². The lowest BCUT2D eigenvalue weighted by Gasteiger charge is -1.76. The molecule has 2 rings (SSSR count). The quantitative estimate of drug-likeness (QED) is 0.518. The number of aromatic nitrogens is 2. The molecule has 0 aliphatic heterocycles. The van der Waals surface area contributed by atoms with Gasteiger partial charge in [-0.1, -0.05) is 11.3 Å². The van der Waals surface area contributed by atoms with Crippen LogP contribution in [0.4, 0.5) is 5.82 Å². The Labute approximate surface area is 59.7 Å².